The van der Waals surface area contributed by atoms with Crippen LogP contribution in [-0.4, -0.2) is 11.8 Å². The van der Waals surface area contributed by atoms with Crippen molar-refractivity contribution in [1.82, 2.24) is 0 Å². The molecule has 180 valence electrons. The maximum Gasteiger partial charge on any atom is 0.416 e. The van der Waals surface area contributed by atoms with Gasteiger partial charge in [0, 0.05) is 34.5 Å². The van der Waals surface area contributed by atoms with E-state index in [0.717, 1.165) is 28.6 Å². The Bertz CT molecular complexity index is 1370. The van der Waals surface area contributed by atoms with Crippen molar-refractivity contribution < 1.29 is 44.3 Å². The number of Topliss-reactive ketones (excluding diaryl/α,β-unsaturated/α-hetero) is 1. The van der Waals surface area contributed by atoms with Crippen molar-refractivity contribution in [2.45, 2.75) is 19.6 Å². The zero-order chi connectivity index (χ0) is 24.3. The number of carbonyl (C=O) groups is 2. The van der Waals surface area contributed by atoms with Gasteiger partial charge in [-0.15, -0.1) is 0 Å². The number of amides is 2. The summed E-state index contributed by atoms with van der Waals surface area (Å²) in [6.07, 6.45) is -2.62. The van der Waals surface area contributed by atoms with E-state index in [-0.39, 0.29) is 35.0 Å². The van der Waals surface area contributed by atoms with E-state index in [1.54, 1.807) is 24.3 Å². The van der Waals surface area contributed by atoms with Crippen LogP contribution in [0.4, 0.5) is 29.3 Å². The molecule has 0 aliphatic heterocycles. The molecule has 0 fully saturated rings. The van der Waals surface area contributed by atoms with Crippen LogP contribution in [0, 0.1) is 6.92 Å². The summed E-state index contributed by atoms with van der Waals surface area (Å²) < 4.78 is 40.4. The lowest BCUT2D eigenvalue weighted by Gasteiger charge is -2.11. The lowest BCUT2D eigenvalue weighted by atomic mass is 10.1. The molecule has 4 rings (SSSR count). The first kappa shape index (κ1) is 25.9. The van der Waals surface area contributed by atoms with Crippen LogP contribution in [0.15, 0.2) is 85.1 Å². The highest BCUT2D eigenvalue weighted by atomic mass is 79.9. The summed E-state index contributed by atoms with van der Waals surface area (Å²) in [6.45, 7) is 2.17. The van der Waals surface area contributed by atoms with E-state index in [1.807, 2.05) is 48.0 Å². The second kappa shape index (κ2) is 10.7. The Morgan fingerprint density at radius 2 is 1.54 bits per heavy atom. The van der Waals surface area contributed by atoms with Crippen LogP contribution in [0.25, 0.3) is 10.9 Å². The van der Waals surface area contributed by atoms with Gasteiger partial charge in [-0.05, 0) is 61.0 Å². The van der Waals surface area contributed by atoms with E-state index in [4.69, 9.17) is 0 Å². The number of para-hydroxylation sites is 1. The fourth-order valence-corrected chi connectivity index (χ4v) is 3.62. The number of aryl methyl sites for hydroxylation is 1. The summed E-state index contributed by atoms with van der Waals surface area (Å²) in [5, 5.41) is 5.99. The number of hydrogen-bond donors (Lipinski definition) is 2. The van der Waals surface area contributed by atoms with Crippen LogP contribution in [0.2, 0.25) is 0 Å². The molecule has 35 heavy (non-hydrogen) atoms. The van der Waals surface area contributed by atoms with Gasteiger partial charge in [0.15, 0.2) is 6.20 Å². The number of alkyl halides is 3. The number of nitrogens with one attached hydrogen (secondary N) is 2. The second-order valence-corrected chi connectivity index (χ2v) is 7.80. The molecule has 1 aromatic heterocycles. The van der Waals surface area contributed by atoms with Crippen molar-refractivity contribution in [2.75, 3.05) is 10.6 Å². The van der Waals surface area contributed by atoms with E-state index in [1.165, 1.54) is 12.1 Å². The van der Waals surface area contributed by atoms with Gasteiger partial charge in [-0.3, -0.25) is 4.79 Å². The number of anilines is 2. The van der Waals surface area contributed by atoms with Crippen LogP contribution >= 0.6 is 0 Å². The average molecular weight is 544 g/mol. The minimum Gasteiger partial charge on any atom is -1.00 e. The van der Waals surface area contributed by atoms with Crippen molar-refractivity contribution in [1.29, 1.82) is 0 Å². The van der Waals surface area contributed by atoms with Gasteiger partial charge in [-0.1, -0.05) is 18.2 Å². The predicted octanol–water partition coefficient (Wildman–Crippen LogP) is 2.99. The molecule has 9 heteroatoms. The fraction of sp³-hybridized carbons (Fsp3) is 0.115. The first-order valence-electron chi connectivity index (χ1n) is 10.5. The van der Waals surface area contributed by atoms with Crippen LogP contribution in [0.5, 0.6) is 0 Å². The fourth-order valence-electron chi connectivity index (χ4n) is 3.62. The smallest absolute Gasteiger partial charge is 0.416 e. The number of urea groups is 1. The topological polar surface area (TPSA) is 62.1 Å². The zero-order valence-corrected chi connectivity index (χ0v) is 20.2. The standard InChI is InChI=1S/C26H20F3N3O2.BrH/c1-17-13-14-32(23-8-3-2-7-22(17)23)16-24(33)18-9-11-20(12-10-18)30-25(34)31-21-6-4-5-19(15-21)26(27,28)29;/h2-15H,16H2,1H3,(H-,30,31,33,34);1H. The molecule has 1 heterocycles. The molecule has 0 saturated carbocycles. The van der Waals surface area contributed by atoms with Gasteiger partial charge in [0.2, 0.25) is 17.8 Å². The maximum absolute atomic E-state index is 12.8. The first-order valence-corrected chi connectivity index (χ1v) is 10.5. The normalized spacial score (nSPS) is 11.0. The lowest BCUT2D eigenvalue weighted by molar-refractivity contribution is -0.657. The number of hydrogen-bond acceptors (Lipinski definition) is 2. The predicted molar refractivity (Wildman–Crippen MR) is 124 cm³/mol. The van der Waals surface area contributed by atoms with E-state index < -0.39 is 17.8 Å². The van der Waals surface area contributed by atoms with Crippen LogP contribution in [-0.2, 0) is 12.7 Å². The van der Waals surface area contributed by atoms with Crippen molar-refractivity contribution in [3.63, 3.8) is 0 Å². The molecule has 0 saturated heterocycles. The number of carbonyl (C=O) groups excluding carboxylic acids is 2. The van der Waals surface area contributed by atoms with Gasteiger partial charge in [0.05, 0.1) is 5.56 Å². The van der Waals surface area contributed by atoms with E-state index in [2.05, 4.69) is 10.6 Å². The number of benzene rings is 3. The second-order valence-electron chi connectivity index (χ2n) is 7.80. The van der Waals surface area contributed by atoms with Crippen molar-refractivity contribution in [3.05, 3.63) is 102 Å². The Morgan fingerprint density at radius 1 is 0.857 bits per heavy atom. The minimum atomic E-state index is -4.50. The van der Waals surface area contributed by atoms with E-state index in [0.29, 0.717) is 11.3 Å². The Morgan fingerprint density at radius 3 is 2.26 bits per heavy atom. The molecule has 0 aliphatic carbocycles. The molecule has 5 nitrogen and oxygen atoms in total. The third kappa shape index (κ3) is 6.24. The molecule has 0 spiro atoms. The Labute approximate surface area is 210 Å². The summed E-state index contributed by atoms with van der Waals surface area (Å²) in [4.78, 5) is 25.0. The van der Waals surface area contributed by atoms with E-state index in [9.17, 15) is 22.8 Å². The number of ketones is 1. The molecular weight excluding hydrogens is 523 g/mol. The number of rotatable bonds is 5. The van der Waals surface area contributed by atoms with Crippen molar-refractivity contribution >= 4 is 34.1 Å². The number of aromatic nitrogens is 1. The Hall–Kier alpha value is -3.72. The summed E-state index contributed by atoms with van der Waals surface area (Å²) in [5.41, 5.74) is 2.11. The molecule has 2 N–H and O–H groups in total. The zero-order valence-electron chi connectivity index (χ0n) is 18.6. The summed E-state index contributed by atoms with van der Waals surface area (Å²) >= 11 is 0. The van der Waals surface area contributed by atoms with Gasteiger partial charge in [0.1, 0.15) is 0 Å². The third-order valence-electron chi connectivity index (χ3n) is 5.37. The summed E-state index contributed by atoms with van der Waals surface area (Å²) in [7, 11) is 0. The number of pyridine rings is 1. The molecule has 0 atom stereocenters. The highest BCUT2D eigenvalue weighted by Crippen LogP contribution is 2.30. The van der Waals surface area contributed by atoms with Gasteiger partial charge < -0.3 is 27.6 Å². The number of halogens is 4. The van der Waals surface area contributed by atoms with Crippen molar-refractivity contribution in [3.8, 4) is 0 Å². The molecule has 3 aromatic carbocycles. The van der Waals surface area contributed by atoms with Crippen LogP contribution < -0.4 is 32.2 Å². The molecule has 0 radical (unpaired) electrons. The first-order chi connectivity index (χ1) is 16.2. The maximum atomic E-state index is 12.8. The van der Waals surface area contributed by atoms with Crippen molar-refractivity contribution in [2.24, 2.45) is 0 Å². The molecule has 0 unspecified atom stereocenters. The number of fused-ring (bicyclic) bond motifs is 1. The average Bonchev–Trinajstić information content (AvgIpc) is 2.81. The van der Waals surface area contributed by atoms with Crippen LogP contribution in [0.1, 0.15) is 21.5 Å². The quantitative estimate of drug-likeness (QED) is 0.300. The highest BCUT2D eigenvalue weighted by molar-refractivity contribution is 6.00. The Balaban J connectivity index is 0.00000342. The molecule has 2 amide bonds. The summed E-state index contributed by atoms with van der Waals surface area (Å²) in [5.74, 6) is -0.0982. The molecule has 0 aliphatic rings. The minimum absolute atomic E-state index is 0. The molecule has 4 aromatic rings. The molecular formula is C26H21BrF3N3O2. The largest absolute Gasteiger partial charge is 1.00 e. The third-order valence-corrected chi connectivity index (χ3v) is 5.37. The van der Waals surface area contributed by atoms with E-state index >= 15 is 0 Å². The molecule has 0 bridgehead atoms. The van der Waals surface area contributed by atoms with Gasteiger partial charge in [-0.2, -0.15) is 17.7 Å². The van der Waals surface area contributed by atoms with Gasteiger partial charge in [0.25, 0.3) is 0 Å². The number of nitrogens with zero attached hydrogens (tertiary/aromatic N) is 1. The van der Waals surface area contributed by atoms with Gasteiger partial charge >= 0.3 is 12.2 Å². The van der Waals surface area contributed by atoms with Gasteiger partial charge in [-0.25, -0.2) is 4.79 Å². The Kier molecular flexibility index (Phi) is 7.91. The monoisotopic (exact) mass is 543 g/mol. The highest BCUT2D eigenvalue weighted by Gasteiger charge is 2.30. The van der Waals surface area contributed by atoms with Crippen LogP contribution in [0.3, 0.4) is 0 Å². The lowest BCUT2D eigenvalue weighted by Crippen LogP contribution is -3.00. The summed E-state index contributed by atoms with van der Waals surface area (Å²) in [6, 6.07) is 19.8. The SMILES string of the molecule is Cc1cc[n+](CC(=O)c2ccc(NC(=O)Nc3cccc(C(F)(F)F)c3)cc2)c2ccccc12.[Br-].